The molecule has 13 heavy (non-hydrogen) atoms. The normalized spacial score (nSPS) is 10.9. The van der Waals surface area contributed by atoms with Gasteiger partial charge in [-0.1, -0.05) is 6.92 Å². The highest BCUT2D eigenvalue weighted by Gasteiger charge is 2.13. The maximum absolute atomic E-state index is 9.49. The first-order valence-corrected chi connectivity index (χ1v) is 4.86. The molecule has 2 rings (SSSR count). The average Bonchev–Trinajstić information content (AvgIpc) is 2.47. The molecule has 0 aromatic heterocycles. The lowest BCUT2D eigenvalue weighted by Crippen LogP contribution is -1.98. The Morgan fingerprint density at radius 1 is 1.62 bits per heavy atom. The molecule has 0 unspecified atom stereocenters. The molecule has 0 saturated carbocycles. The van der Waals surface area contributed by atoms with Crippen LogP contribution < -0.4 is 0 Å². The third-order valence-electron chi connectivity index (χ3n) is 2.06. The molecular formula is C9H9BrN2O. The van der Waals surface area contributed by atoms with Gasteiger partial charge in [-0.25, -0.2) is 4.98 Å². The zero-order valence-corrected chi connectivity index (χ0v) is 8.74. The van der Waals surface area contributed by atoms with E-state index in [2.05, 4.69) is 27.8 Å². The van der Waals surface area contributed by atoms with E-state index in [1.807, 2.05) is 6.07 Å². The first-order valence-electron chi connectivity index (χ1n) is 4.07. The molecule has 2 aliphatic heterocycles. The summed E-state index contributed by atoms with van der Waals surface area (Å²) in [6.45, 7) is 2.07. The van der Waals surface area contributed by atoms with E-state index < -0.39 is 0 Å². The van der Waals surface area contributed by atoms with Crippen LogP contribution in [0.15, 0.2) is 22.9 Å². The van der Waals surface area contributed by atoms with Gasteiger partial charge in [0.15, 0.2) is 5.82 Å². The molecule has 0 aliphatic carbocycles. The van der Waals surface area contributed by atoms with E-state index in [0.29, 0.717) is 5.82 Å². The number of hydrogen-bond acceptors (Lipinski definition) is 2. The van der Waals surface area contributed by atoms with Crippen molar-refractivity contribution in [2.75, 3.05) is 0 Å². The summed E-state index contributed by atoms with van der Waals surface area (Å²) in [6, 6.07) is 1.97. The maximum atomic E-state index is 9.49. The summed E-state index contributed by atoms with van der Waals surface area (Å²) in [4.78, 5) is 4.12. The summed E-state index contributed by atoms with van der Waals surface area (Å²) in [5.74, 6) is 0.611. The van der Waals surface area contributed by atoms with Crippen molar-refractivity contribution in [1.82, 2.24) is 9.71 Å². The predicted octanol–water partition coefficient (Wildman–Crippen LogP) is 2.55. The van der Waals surface area contributed by atoms with Crippen molar-refractivity contribution in [2.24, 2.45) is 0 Å². The van der Waals surface area contributed by atoms with Crippen molar-refractivity contribution in [3.8, 4) is 11.4 Å². The molecule has 0 spiro atoms. The average molecular weight is 241 g/mol. The molecule has 2 heterocycles. The summed E-state index contributed by atoms with van der Waals surface area (Å²) in [5, 5.41) is 9.49. The Hall–Kier alpha value is -1.03. The highest BCUT2D eigenvalue weighted by molar-refractivity contribution is 9.10. The van der Waals surface area contributed by atoms with Crippen LogP contribution in [0.1, 0.15) is 12.5 Å². The monoisotopic (exact) mass is 240 g/mol. The largest absolute Gasteiger partial charge is 0.427 e. The molecule has 0 amide bonds. The number of rotatable bonds is 1. The number of hydrogen-bond donors (Lipinski definition) is 1. The standard InChI is InChI=1S/C9H9BrN2O/c1-2-6-4-11-9-8(6)3-7(10)5-12(9)13/h3-5,13H,2H2,1H3. The van der Waals surface area contributed by atoms with Gasteiger partial charge in [-0.15, -0.1) is 0 Å². The first-order chi connectivity index (χ1) is 6.22. The van der Waals surface area contributed by atoms with Crippen LogP contribution in [0, 0.1) is 0 Å². The van der Waals surface area contributed by atoms with Gasteiger partial charge in [0.1, 0.15) is 0 Å². The molecule has 1 N–H and O–H groups in total. The number of halogens is 1. The fourth-order valence-electron chi connectivity index (χ4n) is 1.40. The second-order valence-electron chi connectivity index (χ2n) is 2.88. The van der Waals surface area contributed by atoms with Crippen LogP contribution in [0.2, 0.25) is 0 Å². The van der Waals surface area contributed by atoms with Crippen LogP contribution in [0.4, 0.5) is 0 Å². The van der Waals surface area contributed by atoms with Crippen molar-refractivity contribution >= 4 is 15.9 Å². The van der Waals surface area contributed by atoms with Crippen LogP contribution in [-0.4, -0.2) is 14.9 Å². The predicted molar refractivity (Wildman–Crippen MR) is 53.1 cm³/mol. The Bertz CT molecular complexity index is 411. The summed E-state index contributed by atoms with van der Waals surface area (Å²) in [7, 11) is 0. The summed E-state index contributed by atoms with van der Waals surface area (Å²) >= 11 is 3.32. The summed E-state index contributed by atoms with van der Waals surface area (Å²) in [6.07, 6.45) is 4.30. The van der Waals surface area contributed by atoms with Crippen LogP contribution in [-0.2, 0) is 6.42 Å². The Balaban J connectivity index is 2.71. The maximum Gasteiger partial charge on any atom is 0.175 e. The van der Waals surface area contributed by atoms with Crippen molar-refractivity contribution in [1.29, 1.82) is 0 Å². The van der Waals surface area contributed by atoms with Gasteiger partial charge in [0.2, 0.25) is 0 Å². The zero-order chi connectivity index (χ0) is 9.42. The van der Waals surface area contributed by atoms with Gasteiger partial charge in [-0.3, -0.25) is 0 Å². The lowest BCUT2D eigenvalue weighted by atomic mass is 10.1. The van der Waals surface area contributed by atoms with Crippen molar-refractivity contribution in [2.45, 2.75) is 13.3 Å². The van der Waals surface area contributed by atoms with Crippen molar-refractivity contribution < 1.29 is 5.21 Å². The Labute approximate surface area is 84.5 Å². The Kier molecular flexibility index (Phi) is 2.00. The van der Waals surface area contributed by atoms with E-state index in [9.17, 15) is 5.21 Å². The molecular weight excluding hydrogens is 232 g/mol. The SMILES string of the molecule is CCc1cnc2n(O)cc(Br)cc1-2. The van der Waals surface area contributed by atoms with Gasteiger partial charge in [0, 0.05) is 16.2 Å². The van der Waals surface area contributed by atoms with Crippen LogP contribution in [0.3, 0.4) is 0 Å². The van der Waals surface area contributed by atoms with Crippen LogP contribution in [0.5, 0.6) is 0 Å². The number of pyridine rings is 1. The molecule has 0 atom stereocenters. The van der Waals surface area contributed by atoms with Crippen LogP contribution >= 0.6 is 15.9 Å². The molecule has 4 heteroatoms. The summed E-state index contributed by atoms with van der Waals surface area (Å²) < 4.78 is 1.89. The second kappa shape index (κ2) is 3.03. The topological polar surface area (TPSA) is 38.0 Å². The highest BCUT2D eigenvalue weighted by Crippen LogP contribution is 2.27. The van der Waals surface area contributed by atoms with Crippen LogP contribution in [0.25, 0.3) is 11.4 Å². The molecule has 0 radical (unpaired) electrons. The van der Waals surface area contributed by atoms with Crippen molar-refractivity contribution in [3.05, 3.63) is 28.5 Å². The van der Waals surface area contributed by atoms with E-state index >= 15 is 0 Å². The van der Waals surface area contributed by atoms with E-state index in [1.54, 1.807) is 12.4 Å². The highest BCUT2D eigenvalue weighted by atomic mass is 79.9. The molecule has 3 nitrogen and oxygen atoms in total. The van der Waals surface area contributed by atoms with Gasteiger partial charge in [-0.05, 0) is 34.0 Å². The molecule has 2 aliphatic rings. The molecule has 0 aromatic carbocycles. The third-order valence-corrected chi connectivity index (χ3v) is 2.49. The van der Waals surface area contributed by atoms with Gasteiger partial charge >= 0.3 is 0 Å². The lowest BCUT2D eigenvalue weighted by Gasteiger charge is -2.05. The minimum absolute atomic E-state index is 0.611. The molecule has 0 fully saturated rings. The summed E-state index contributed by atoms with van der Waals surface area (Å²) in [5.41, 5.74) is 2.15. The second-order valence-corrected chi connectivity index (χ2v) is 3.79. The van der Waals surface area contributed by atoms with Gasteiger partial charge < -0.3 is 5.21 Å². The first kappa shape index (κ1) is 8.56. The molecule has 68 valence electrons. The van der Waals surface area contributed by atoms with E-state index in [-0.39, 0.29) is 0 Å². The third kappa shape index (κ3) is 1.31. The van der Waals surface area contributed by atoms with Gasteiger partial charge in [0.25, 0.3) is 0 Å². The molecule has 0 aromatic rings. The molecule has 0 bridgehead atoms. The van der Waals surface area contributed by atoms with Crippen molar-refractivity contribution in [3.63, 3.8) is 0 Å². The van der Waals surface area contributed by atoms with Gasteiger partial charge in [-0.2, -0.15) is 4.73 Å². The number of nitrogens with zero attached hydrogens (tertiary/aromatic N) is 2. The van der Waals surface area contributed by atoms with Gasteiger partial charge in [0.05, 0.1) is 6.20 Å². The number of aryl methyl sites for hydroxylation is 1. The van der Waals surface area contributed by atoms with E-state index in [0.717, 1.165) is 26.8 Å². The minimum atomic E-state index is 0.611. The smallest absolute Gasteiger partial charge is 0.175 e. The number of aromatic nitrogens is 2. The minimum Gasteiger partial charge on any atom is -0.427 e. The fraction of sp³-hybridized carbons (Fsp3) is 0.222. The number of fused-ring (bicyclic) bond motifs is 1. The fourth-order valence-corrected chi connectivity index (χ4v) is 1.82. The Morgan fingerprint density at radius 2 is 2.38 bits per heavy atom. The van der Waals surface area contributed by atoms with E-state index in [1.165, 1.54) is 0 Å². The lowest BCUT2D eigenvalue weighted by molar-refractivity contribution is 0.186. The molecule has 0 saturated heterocycles. The quantitative estimate of drug-likeness (QED) is 0.779. The zero-order valence-electron chi connectivity index (χ0n) is 7.16. The van der Waals surface area contributed by atoms with E-state index in [4.69, 9.17) is 0 Å². The Morgan fingerprint density at radius 3 is 3.08 bits per heavy atom.